The number of aryl methyl sites for hydroxylation is 1. The number of rotatable bonds is 48. The first-order valence-electron chi connectivity index (χ1n) is 31.5. The van der Waals surface area contributed by atoms with Crippen LogP contribution in [0.15, 0.2) is 73.1 Å². The molecular formula is C65H94ClF3N8O15. The topological polar surface area (TPSA) is 226 Å². The van der Waals surface area contributed by atoms with Crippen LogP contribution in [0.2, 0.25) is 0 Å². The molecule has 0 saturated carbocycles. The summed E-state index contributed by atoms with van der Waals surface area (Å²) in [7, 11) is 1.62. The van der Waals surface area contributed by atoms with Gasteiger partial charge < -0.3 is 72.4 Å². The molecule has 3 heterocycles. The second-order valence-corrected chi connectivity index (χ2v) is 21.4. The minimum Gasteiger partial charge on any atom is -0.447 e. The lowest BCUT2D eigenvalue weighted by Crippen LogP contribution is -2.47. The molecule has 4 aromatic rings. The number of nitrogens with one attached hydrogen (secondary N) is 2. The van der Waals surface area contributed by atoms with E-state index < -0.39 is 36.1 Å². The summed E-state index contributed by atoms with van der Waals surface area (Å²) in [6.45, 7) is 13.4. The van der Waals surface area contributed by atoms with Crippen molar-refractivity contribution in [2.45, 2.75) is 71.3 Å². The third kappa shape index (κ3) is 31.7. The number of unbranched alkanes of at least 4 members (excludes halogenated alkanes) is 3. The fraction of sp³-hybridized carbons (Fsp3) is 0.615. The highest BCUT2D eigenvalue weighted by molar-refractivity contribution is 6.17. The molecule has 0 bridgehead atoms. The predicted molar refractivity (Wildman–Crippen MR) is 340 cm³/mol. The molecule has 0 spiro atoms. The van der Waals surface area contributed by atoms with E-state index in [1.165, 1.54) is 17.0 Å². The number of nitrogens with zero attached hydrogens (tertiary/aromatic N) is 6. The number of hydrogen-bond acceptors (Lipinski definition) is 19. The number of ether oxygens (including phenoxy) is 12. The van der Waals surface area contributed by atoms with Crippen molar-refractivity contribution in [2.75, 3.05) is 196 Å². The van der Waals surface area contributed by atoms with Crippen molar-refractivity contribution in [3.8, 4) is 11.8 Å². The van der Waals surface area contributed by atoms with E-state index in [1.807, 2.05) is 30.9 Å². The molecule has 2 aromatic carbocycles. The molecule has 1 aliphatic rings. The van der Waals surface area contributed by atoms with Gasteiger partial charge in [-0.1, -0.05) is 50.0 Å². The second-order valence-electron chi connectivity index (χ2n) is 21.1. The summed E-state index contributed by atoms with van der Waals surface area (Å²) in [5, 5.41) is 9.65. The number of hydrogen-bond donors (Lipinski definition) is 2. The Labute approximate surface area is 544 Å². The molecule has 27 heteroatoms. The molecule has 512 valence electrons. The van der Waals surface area contributed by atoms with Crippen LogP contribution in [0.1, 0.15) is 83.8 Å². The van der Waals surface area contributed by atoms with Gasteiger partial charge in [-0.2, -0.15) is 18.3 Å². The van der Waals surface area contributed by atoms with Crippen molar-refractivity contribution < 1.29 is 84.4 Å². The summed E-state index contributed by atoms with van der Waals surface area (Å²) in [6, 6.07) is 12.4. The highest BCUT2D eigenvalue weighted by Crippen LogP contribution is 2.35. The Kier molecular flexibility index (Phi) is 39.1. The van der Waals surface area contributed by atoms with Gasteiger partial charge in [-0.3, -0.25) is 14.6 Å². The number of alkyl carbamates (subject to hydrolysis) is 1. The fourth-order valence-corrected chi connectivity index (χ4v) is 9.23. The Morgan fingerprint density at radius 3 is 2.12 bits per heavy atom. The monoisotopic (exact) mass is 1320 g/mol. The number of fused-ring (bicyclic) bond motifs is 1. The van der Waals surface area contributed by atoms with Crippen molar-refractivity contribution in [1.82, 2.24) is 34.6 Å². The highest BCUT2D eigenvalue weighted by atomic mass is 35.5. The molecule has 1 aliphatic heterocycles. The van der Waals surface area contributed by atoms with Gasteiger partial charge in [-0.25, -0.2) is 19.1 Å². The van der Waals surface area contributed by atoms with Gasteiger partial charge in [0.05, 0.1) is 124 Å². The maximum atomic E-state index is 14.5. The van der Waals surface area contributed by atoms with Gasteiger partial charge in [-0.15, -0.1) is 11.6 Å². The molecule has 1 saturated heterocycles. The van der Waals surface area contributed by atoms with Crippen LogP contribution < -0.4 is 10.6 Å². The first-order valence-corrected chi connectivity index (χ1v) is 32.1. The molecule has 0 radical (unpaired) electrons. The smallest absolute Gasteiger partial charge is 0.416 e. The van der Waals surface area contributed by atoms with Crippen LogP contribution in [0.25, 0.3) is 5.65 Å². The van der Waals surface area contributed by atoms with Crippen LogP contribution in [0.3, 0.4) is 0 Å². The van der Waals surface area contributed by atoms with Crippen molar-refractivity contribution in [3.05, 3.63) is 107 Å². The zero-order valence-corrected chi connectivity index (χ0v) is 54.3. The van der Waals surface area contributed by atoms with Gasteiger partial charge in [0.1, 0.15) is 18.9 Å². The number of anilines is 1. The number of carbonyl (C=O) groups excluding carboxylic acids is 3. The average Bonchev–Trinajstić information content (AvgIpc) is 1.04. The Bertz CT molecular complexity index is 2780. The minimum atomic E-state index is -4.65. The Morgan fingerprint density at radius 2 is 1.38 bits per heavy atom. The summed E-state index contributed by atoms with van der Waals surface area (Å²) >= 11 is 5.77. The van der Waals surface area contributed by atoms with E-state index in [1.54, 1.807) is 54.4 Å². The summed E-state index contributed by atoms with van der Waals surface area (Å²) < 4.78 is 112. The number of piperazine rings is 1. The van der Waals surface area contributed by atoms with Gasteiger partial charge >= 0.3 is 18.4 Å². The first-order chi connectivity index (χ1) is 44.9. The van der Waals surface area contributed by atoms with Crippen LogP contribution in [-0.4, -0.2) is 245 Å². The number of aromatic nitrogens is 3. The van der Waals surface area contributed by atoms with Crippen LogP contribution >= 0.6 is 11.6 Å². The molecular weight excluding hydrogens is 1230 g/mol. The fourth-order valence-electron chi connectivity index (χ4n) is 9.04. The van der Waals surface area contributed by atoms with E-state index in [4.69, 9.17) is 68.4 Å². The highest BCUT2D eigenvalue weighted by Gasteiger charge is 2.35. The van der Waals surface area contributed by atoms with Crippen LogP contribution in [0.5, 0.6) is 0 Å². The lowest BCUT2D eigenvalue weighted by Gasteiger charge is -2.35. The third-order valence-electron chi connectivity index (χ3n) is 14.0. The summed E-state index contributed by atoms with van der Waals surface area (Å²) in [5.41, 5.74) is 2.16. The van der Waals surface area contributed by atoms with E-state index in [-0.39, 0.29) is 103 Å². The normalized spacial score (nSPS) is 13.3. The standard InChI is InChI=1S/C65H94ClF3N8O15/c1-4-29-82-44-47-92-64(80)76(28-33-85-38-36-83-30-8-6-5-7-20-66)61(52-89-32-10-9-31-84-37-39-86-35-34-81-3)90-45-42-87-40-41-88-43-46-91-63(79)70-21-12-23-74-24-26-75(27-25-74)51-56-16-18-57(49-59(56)65(67,68)69)73-62(78)55-15-14-53(2)54(48-55)17-19-58-50-71-60-13-11-22-72-77(58)60/h9-11,13-16,18,22,48-50,61H,4-8,12,20-21,23-47,51-52H2,1-3H3,(H,70,79)(H,73,78)/b10-9+. The molecule has 2 N–H and O–H groups in total. The van der Waals surface area contributed by atoms with Gasteiger partial charge in [0.25, 0.3) is 5.91 Å². The van der Waals surface area contributed by atoms with Crippen LogP contribution in [-0.2, 0) is 69.6 Å². The molecule has 0 aliphatic carbocycles. The number of halogens is 4. The van der Waals surface area contributed by atoms with Crippen LogP contribution in [0, 0.1) is 18.8 Å². The first kappa shape index (κ1) is 76.7. The summed E-state index contributed by atoms with van der Waals surface area (Å²) in [5.74, 6) is 6.20. The van der Waals surface area contributed by atoms with Gasteiger partial charge in [0.15, 0.2) is 11.9 Å². The third-order valence-corrected chi connectivity index (χ3v) is 14.3. The van der Waals surface area contributed by atoms with Gasteiger partial charge in [-0.05, 0) is 92.6 Å². The van der Waals surface area contributed by atoms with E-state index in [0.29, 0.717) is 128 Å². The number of alkyl halides is 4. The van der Waals surface area contributed by atoms with Crippen LogP contribution in [0.4, 0.5) is 28.4 Å². The van der Waals surface area contributed by atoms with Crippen molar-refractivity contribution >= 4 is 41.0 Å². The van der Waals surface area contributed by atoms with Gasteiger partial charge in [0, 0.05) is 88.5 Å². The molecule has 3 amide bonds. The minimum absolute atomic E-state index is 0.0213. The van der Waals surface area contributed by atoms with E-state index in [2.05, 4.69) is 37.5 Å². The van der Waals surface area contributed by atoms with Crippen molar-refractivity contribution in [1.29, 1.82) is 0 Å². The van der Waals surface area contributed by atoms with E-state index >= 15 is 0 Å². The quantitative estimate of drug-likeness (QED) is 0.0139. The number of benzene rings is 2. The zero-order valence-electron chi connectivity index (χ0n) is 53.6. The molecule has 1 atom stereocenters. The number of imidazole rings is 1. The number of amides is 3. The van der Waals surface area contributed by atoms with Gasteiger partial charge in [0.2, 0.25) is 0 Å². The lowest BCUT2D eigenvalue weighted by atomic mass is 10.0. The molecule has 92 heavy (non-hydrogen) atoms. The summed E-state index contributed by atoms with van der Waals surface area (Å²) in [4.78, 5) is 49.2. The molecule has 1 fully saturated rings. The predicted octanol–water partition coefficient (Wildman–Crippen LogP) is 8.27. The Balaban J connectivity index is 0.956. The molecule has 5 rings (SSSR count). The molecule has 23 nitrogen and oxygen atoms in total. The molecule has 2 aromatic heterocycles. The summed E-state index contributed by atoms with van der Waals surface area (Å²) in [6.07, 6.45) is 5.74. The Morgan fingerprint density at radius 1 is 0.717 bits per heavy atom. The van der Waals surface area contributed by atoms with E-state index in [0.717, 1.165) is 43.7 Å². The maximum Gasteiger partial charge on any atom is 0.416 e. The lowest BCUT2D eigenvalue weighted by molar-refractivity contribution is -0.138. The zero-order chi connectivity index (χ0) is 65.7. The van der Waals surface area contributed by atoms with Crippen molar-refractivity contribution in [2.24, 2.45) is 0 Å². The maximum absolute atomic E-state index is 14.5. The Hall–Kier alpha value is -6.03. The number of methoxy groups -OCH3 is 1. The van der Waals surface area contributed by atoms with E-state index in [9.17, 15) is 27.6 Å². The van der Waals surface area contributed by atoms with Crippen molar-refractivity contribution in [3.63, 3.8) is 0 Å². The molecule has 1 unspecified atom stereocenters. The largest absolute Gasteiger partial charge is 0.447 e. The number of carbonyl (C=O) groups is 3. The average molecular weight is 1320 g/mol. The SMILES string of the molecule is CCCOCCOC(=O)N(CCOCCOCCCCCCCl)C(COC/C=C/COCCOCCOC)OCCOCCOCCOC(=O)NCCCN1CCN(Cc2ccc(NC(=O)c3ccc(C)c(C#Cc4cnc5cccnn45)c3)cc2C(F)(F)F)CC1. The second kappa shape index (κ2) is 46.9.